The van der Waals surface area contributed by atoms with E-state index in [1.807, 2.05) is 0 Å². The van der Waals surface area contributed by atoms with Crippen LogP contribution in [-0.2, 0) is 11.0 Å². The zero-order valence-corrected chi connectivity index (χ0v) is 11.2. The third-order valence-electron chi connectivity index (χ3n) is 2.19. The first-order chi connectivity index (χ1) is 8.71. The maximum Gasteiger partial charge on any atom is 0.418 e. The van der Waals surface area contributed by atoms with Crippen LogP contribution in [0.1, 0.15) is 19.4 Å². The molecule has 0 aromatic heterocycles. The van der Waals surface area contributed by atoms with Gasteiger partial charge in [0.15, 0.2) is 0 Å². The Bertz CT molecular complexity index is 461. The lowest BCUT2D eigenvalue weighted by molar-refractivity contribution is -0.137. The van der Waals surface area contributed by atoms with Crippen LogP contribution in [0.2, 0.25) is 5.02 Å². The van der Waals surface area contributed by atoms with E-state index in [9.17, 15) is 18.0 Å². The molecular weight excluding hydrogens is 281 g/mol. The molecule has 2 N–H and O–H groups in total. The summed E-state index contributed by atoms with van der Waals surface area (Å²) in [6, 6.07) is 3.38. The van der Waals surface area contributed by atoms with Gasteiger partial charge in [-0.25, -0.2) is 0 Å². The van der Waals surface area contributed by atoms with Crippen molar-refractivity contribution in [2.75, 3.05) is 11.9 Å². The van der Waals surface area contributed by atoms with Gasteiger partial charge in [-0.15, -0.1) is 0 Å². The normalized spacial score (nSPS) is 11.5. The molecule has 7 heteroatoms. The van der Waals surface area contributed by atoms with Crippen LogP contribution in [-0.4, -0.2) is 18.5 Å². The van der Waals surface area contributed by atoms with Gasteiger partial charge in [0.05, 0.1) is 22.8 Å². The van der Waals surface area contributed by atoms with Crippen molar-refractivity contribution < 1.29 is 18.0 Å². The third kappa shape index (κ3) is 4.63. The first-order valence-corrected chi connectivity index (χ1v) is 5.98. The number of alkyl halides is 3. The number of benzene rings is 1. The fourth-order valence-electron chi connectivity index (χ4n) is 1.48. The molecule has 0 unspecified atom stereocenters. The van der Waals surface area contributed by atoms with E-state index in [0.29, 0.717) is 0 Å². The number of halogens is 4. The lowest BCUT2D eigenvalue weighted by atomic mass is 10.1. The van der Waals surface area contributed by atoms with Gasteiger partial charge in [-0.05, 0) is 26.0 Å². The van der Waals surface area contributed by atoms with Crippen molar-refractivity contribution in [1.82, 2.24) is 5.32 Å². The molecule has 0 spiro atoms. The number of carbonyl (C=O) groups excluding carboxylic acids is 1. The standard InChI is InChI=1S/C12H14ClF3N2O/c1-7(2)18-10(19)6-17-11-8(12(14,15)16)4-3-5-9(11)13/h3-5,7,17H,6H2,1-2H3,(H,18,19). The molecule has 1 amide bonds. The second-order valence-electron chi connectivity index (χ2n) is 4.24. The summed E-state index contributed by atoms with van der Waals surface area (Å²) in [6.45, 7) is 3.24. The summed E-state index contributed by atoms with van der Waals surface area (Å²) in [4.78, 5) is 11.4. The maximum atomic E-state index is 12.8. The fourth-order valence-corrected chi connectivity index (χ4v) is 1.72. The number of rotatable bonds is 4. The maximum absolute atomic E-state index is 12.8. The Kier molecular flexibility index (Phi) is 5.05. The predicted molar refractivity (Wildman–Crippen MR) is 68.2 cm³/mol. The van der Waals surface area contributed by atoms with Crippen molar-refractivity contribution in [2.24, 2.45) is 0 Å². The number of amides is 1. The smallest absolute Gasteiger partial charge is 0.374 e. The van der Waals surface area contributed by atoms with Gasteiger partial charge in [-0.1, -0.05) is 17.7 Å². The summed E-state index contributed by atoms with van der Waals surface area (Å²) in [5.74, 6) is -0.400. The quantitative estimate of drug-likeness (QED) is 0.894. The molecule has 0 heterocycles. The van der Waals surface area contributed by atoms with E-state index in [0.717, 1.165) is 6.07 Å². The Morgan fingerprint density at radius 3 is 2.53 bits per heavy atom. The fraction of sp³-hybridized carbons (Fsp3) is 0.417. The average Bonchev–Trinajstić information content (AvgIpc) is 2.24. The average molecular weight is 295 g/mol. The van der Waals surface area contributed by atoms with Crippen LogP contribution in [0.25, 0.3) is 0 Å². The zero-order chi connectivity index (χ0) is 14.6. The van der Waals surface area contributed by atoms with Crippen LogP contribution < -0.4 is 10.6 Å². The molecule has 0 aliphatic heterocycles. The highest BCUT2D eigenvalue weighted by Gasteiger charge is 2.34. The SMILES string of the molecule is CC(C)NC(=O)CNc1c(Cl)cccc1C(F)(F)F. The Morgan fingerprint density at radius 2 is 2.00 bits per heavy atom. The molecule has 0 saturated carbocycles. The number of hydrogen-bond acceptors (Lipinski definition) is 2. The number of anilines is 1. The topological polar surface area (TPSA) is 41.1 Å². The van der Waals surface area contributed by atoms with Crippen molar-refractivity contribution in [3.63, 3.8) is 0 Å². The van der Waals surface area contributed by atoms with E-state index in [4.69, 9.17) is 11.6 Å². The molecule has 0 aliphatic rings. The highest BCUT2D eigenvalue weighted by molar-refractivity contribution is 6.33. The van der Waals surface area contributed by atoms with Gasteiger partial charge in [0.1, 0.15) is 0 Å². The zero-order valence-electron chi connectivity index (χ0n) is 10.4. The summed E-state index contributed by atoms with van der Waals surface area (Å²) in [6.07, 6.45) is -4.53. The first kappa shape index (κ1) is 15.6. The minimum atomic E-state index is -4.53. The first-order valence-electron chi connectivity index (χ1n) is 5.60. The Labute approximate surface area is 114 Å². The third-order valence-corrected chi connectivity index (χ3v) is 2.51. The van der Waals surface area contributed by atoms with Gasteiger partial charge < -0.3 is 10.6 Å². The van der Waals surface area contributed by atoms with Crippen LogP contribution in [0.4, 0.5) is 18.9 Å². The van der Waals surface area contributed by atoms with E-state index in [1.54, 1.807) is 13.8 Å². The molecule has 0 atom stereocenters. The molecule has 0 fully saturated rings. The molecule has 0 saturated heterocycles. The van der Waals surface area contributed by atoms with Crippen molar-refractivity contribution in [2.45, 2.75) is 26.1 Å². The highest BCUT2D eigenvalue weighted by atomic mass is 35.5. The van der Waals surface area contributed by atoms with Crippen LogP contribution >= 0.6 is 11.6 Å². The summed E-state index contributed by atoms with van der Waals surface area (Å²) >= 11 is 5.73. The largest absolute Gasteiger partial charge is 0.418 e. The Balaban J connectivity index is 2.86. The second-order valence-corrected chi connectivity index (χ2v) is 4.64. The molecule has 0 radical (unpaired) electrons. The van der Waals surface area contributed by atoms with Crippen molar-refractivity contribution in [3.05, 3.63) is 28.8 Å². The highest BCUT2D eigenvalue weighted by Crippen LogP contribution is 2.38. The molecule has 3 nitrogen and oxygen atoms in total. The number of carbonyl (C=O) groups is 1. The number of para-hydroxylation sites is 1. The monoisotopic (exact) mass is 294 g/mol. The van der Waals surface area contributed by atoms with Gasteiger partial charge in [-0.3, -0.25) is 4.79 Å². The van der Waals surface area contributed by atoms with Crippen LogP contribution in [0, 0.1) is 0 Å². The number of hydrogen-bond donors (Lipinski definition) is 2. The van der Waals surface area contributed by atoms with Crippen molar-refractivity contribution in [1.29, 1.82) is 0 Å². The van der Waals surface area contributed by atoms with Crippen LogP contribution in [0.15, 0.2) is 18.2 Å². The minimum Gasteiger partial charge on any atom is -0.374 e. The molecule has 1 aromatic rings. The van der Waals surface area contributed by atoms with Gasteiger partial charge in [-0.2, -0.15) is 13.2 Å². The molecule has 0 aliphatic carbocycles. The molecule has 1 rings (SSSR count). The van der Waals surface area contributed by atoms with E-state index in [-0.39, 0.29) is 23.3 Å². The van der Waals surface area contributed by atoms with E-state index in [2.05, 4.69) is 10.6 Å². The lowest BCUT2D eigenvalue weighted by Gasteiger charge is -2.16. The Hall–Kier alpha value is -1.43. The molecule has 1 aromatic carbocycles. The molecule has 106 valence electrons. The predicted octanol–water partition coefficient (Wildman–Crippen LogP) is 3.30. The van der Waals surface area contributed by atoms with Gasteiger partial charge in [0.25, 0.3) is 0 Å². The second kappa shape index (κ2) is 6.14. The van der Waals surface area contributed by atoms with Gasteiger partial charge >= 0.3 is 6.18 Å². The van der Waals surface area contributed by atoms with Crippen LogP contribution in [0.3, 0.4) is 0 Å². The van der Waals surface area contributed by atoms with Crippen LogP contribution in [0.5, 0.6) is 0 Å². The minimum absolute atomic E-state index is 0.0767. The van der Waals surface area contributed by atoms with E-state index >= 15 is 0 Å². The summed E-state index contributed by atoms with van der Waals surface area (Å²) in [5.41, 5.74) is -1.17. The summed E-state index contributed by atoms with van der Waals surface area (Å²) in [5, 5.41) is 4.92. The Morgan fingerprint density at radius 1 is 1.37 bits per heavy atom. The molecule has 0 bridgehead atoms. The number of nitrogens with one attached hydrogen (secondary N) is 2. The van der Waals surface area contributed by atoms with Crippen molar-refractivity contribution >= 4 is 23.2 Å². The molecule has 19 heavy (non-hydrogen) atoms. The van der Waals surface area contributed by atoms with E-state index < -0.39 is 17.6 Å². The van der Waals surface area contributed by atoms with E-state index in [1.165, 1.54) is 12.1 Å². The summed E-state index contributed by atoms with van der Waals surface area (Å²) < 4.78 is 38.3. The van der Waals surface area contributed by atoms with Gasteiger partial charge in [0, 0.05) is 6.04 Å². The molecular formula is C12H14ClF3N2O. The van der Waals surface area contributed by atoms with Gasteiger partial charge in [0.2, 0.25) is 5.91 Å². The van der Waals surface area contributed by atoms with Crippen molar-refractivity contribution in [3.8, 4) is 0 Å². The lowest BCUT2D eigenvalue weighted by Crippen LogP contribution is -2.35. The summed E-state index contributed by atoms with van der Waals surface area (Å²) in [7, 11) is 0.